The van der Waals surface area contributed by atoms with E-state index in [9.17, 15) is 4.79 Å². The molecule has 0 aromatic rings. The Balaban J connectivity index is 2.21. The number of nitrogens with zero attached hydrogens (tertiary/aromatic N) is 1. The summed E-state index contributed by atoms with van der Waals surface area (Å²) in [6.07, 6.45) is 2.72. The van der Waals surface area contributed by atoms with Gasteiger partial charge in [-0.25, -0.2) is 0 Å². The van der Waals surface area contributed by atoms with Crippen molar-refractivity contribution >= 4 is 5.91 Å². The molecule has 2 fully saturated rings. The van der Waals surface area contributed by atoms with Gasteiger partial charge in [-0.3, -0.25) is 4.79 Å². The normalized spacial score (nSPS) is 33.5. The van der Waals surface area contributed by atoms with Crippen LogP contribution >= 0.6 is 0 Å². The van der Waals surface area contributed by atoms with Gasteiger partial charge in [0, 0.05) is 31.5 Å². The van der Waals surface area contributed by atoms with Crippen molar-refractivity contribution in [3.8, 4) is 0 Å². The summed E-state index contributed by atoms with van der Waals surface area (Å²) in [5.41, 5.74) is 0.0752. The van der Waals surface area contributed by atoms with Crippen LogP contribution in [0.15, 0.2) is 0 Å². The van der Waals surface area contributed by atoms with Gasteiger partial charge >= 0.3 is 0 Å². The summed E-state index contributed by atoms with van der Waals surface area (Å²) in [6, 6.07) is 0. The number of aliphatic hydroxyl groups is 1. The van der Waals surface area contributed by atoms with Crippen LogP contribution in [-0.2, 0) is 4.79 Å². The maximum atomic E-state index is 11.2. The predicted molar refractivity (Wildman–Crippen MR) is 39.9 cm³/mol. The zero-order chi connectivity index (χ0) is 8.06. The SMILES string of the molecule is CN1C(=O)CC(CO)C12CC2. The van der Waals surface area contributed by atoms with Crippen molar-refractivity contribution in [2.45, 2.75) is 24.8 Å². The Hall–Kier alpha value is -0.570. The van der Waals surface area contributed by atoms with Gasteiger partial charge in [-0.15, -0.1) is 0 Å². The molecule has 1 heterocycles. The Kier molecular flexibility index (Phi) is 1.27. The van der Waals surface area contributed by atoms with Gasteiger partial charge in [0.2, 0.25) is 5.91 Å². The lowest BCUT2D eigenvalue weighted by Gasteiger charge is -2.22. The van der Waals surface area contributed by atoms with Crippen LogP contribution in [0.2, 0.25) is 0 Å². The number of rotatable bonds is 1. The van der Waals surface area contributed by atoms with E-state index in [1.807, 2.05) is 11.9 Å². The molecule has 0 aromatic carbocycles. The molecule has 3 nitrogen and oxygen atoms in total. The quantitative estimate of drug-likeness (QED) is 0.578. The van der Waals surface area contributed by atoms with Crippen LogP contribution in [0, 0.1) is 5.92 Å². The van der Waals surface area contributed by atoms with Crippen LogP contribution in [0.4, 0.5) is 0 Å². The number of hydrogen-bond acceptors (Lipinski definition) is 2. The summed E-state index contributed by atoms with van der Waals surface area (Å²) in [4.78, 5) is 13.0. The molecular weight excluding hydrogens is 142 g/mol. The molecule has 0 bridgehead atoms. The summed E-state index contributed by atoms with van der Waals surface area (Å²) in [7, 11) is 1.85. The second-order valence-electron chi connectivity index (χ2n) is 3.64. The molecular formula is C8H13NO2. The number of likely N-dealkylation sites (tertiary alicyclic amines) is 1. The zero-order valence-corrected chi connectivity index (χ0v) is 6.71. The first kappa shape index (κ1) is 7.10. The highest BCUT2D eigenvalue weighted by Crippen LogP contribution is 2.52. The molecule has 1 amide bonds. The third kappa shape index (κ3) is 0.745. The van der Waals surface area contributed by atoms with Crippen LogP contribution < -0.4 is 0 Å². The fourth-order valence-corrected chi connectivity index (χ4v) is 2.17. The van der Waals surface area contributed by atoms with Crippen LogP contribution in [0.25, 0.3) is 0 Å². The van der Waals surface area contributed by atoms with E-state index in [1.54, 1.807) is 0 Å². The minimum absolute atomic E-state index is 0.0752. The molecule has 1 aliphatic carbocycles. The Bertz CT molecular complexity index is 198. The molecule has 62 valence electrons. The van der Waals surface area contributed by atoms with E-state index in [-0.39, 0.29) is 24.0 Å². The van der Waals surface area contributed by atoms with Crippen molar-refractivity contribution < 1.29 is 9.90 Å². The van der Waals surface area contributed by atoms with Crippen molar-refractivity contribution in [1.82, 2.24) is 4.90 Å². The highest BCUT2D eigenvalue weighted by Gasteiger charge is 2.58. The first-order chi connectivity index (χ1) is 5.20. The third-order valence-corrected chi connectivity index (χ3v) is 3.21. The molecule has 2 aliphatic rings. The van der Waals surface area contributed by atoms with Gasteiger partial charge in [0.1, 0.15) is 0 Å². The topological polar surface area (TPSA) is 40.5 Å². The summed E-state index contributed by atoms with van der Waals surface area (Å²) >= 11 is 0. The Morgan fingerprint density at radius 3 is 2.73 bits per heavy atom. The van der Waals surface area contributed by atoms with Gasteiger partial charge in [-0.1, -0.05) is 0 Å². The molecule has 0 radical (unpaired) electrons. The maximum Gasteiger partial charge on any atom is 0.223 e. The van der Waals surface area contributed by atoms with Gasteiger partial charge in [0.15, 0.2) is 0 Å². The second-order valence-corrected chi connectivity index (χ2v) is 3.64. The van der Waals surface area contributed by atoms with E-state index in [1.165, 1.54) is 0 Å². The number of carbonyl (C=O) groups excluding carboxylic acids is 1. The fourth-order valence-electron chi connectivity index (χ4n) is 2.17. The lowest BCUT2D eigenvalue weighted by molar-refractivity contribution is -0.128. The molecule has 1 N–H and O–H groups in total. The Morgan fingerprint density at radius 1 is 1.73 bits per heavy atom. The highest BCUT2D eigenvalue weighted by atomic mass is 16.3. The van der Waals surface area contributed by atoms with Gasteiger partial charge in [-0.2, -0.15) is 0 Å². The van der Waals surface area contributed by atoms with Gasteiger partial charge < -0.3 is 10.0 Å². The van der Waals surface area contributed by atoms with E-state index < -0.39 is 0 Å². The van der Waals surface area contributed by atoms with E-state index in [2.05, 4.69) is 0 Å². The summed E-state index contributed by atoms with van der Waals surface area (Å²) in [5, 5.41) is 9.00. The minimum atomic E-state index is 0.0752. The van der Waals surface area contributed by atoms with Crippen molar-refractivity contribution in [1.29, 1.82) is 0 Å². The first-order valence-corrected chi connectivity index (χ1v) is 4.08. The van der Waals surface area contributed by atoms with Crippen LogP contribution in [0.1, 0.15) is 19.3 Å². The lowest BCUT2D eigenvalue weighted by atomic mass is 9.99. The highest BCUT2D eigenvalue weighted by molar-refractivity contribution is 5.80. The van der Waals surface area contributed by atoms with Crippen LogP contribution in [-0.4, -0.2) is 35.1 Å². The van der Waals surface area contributed by atoms with Crippen LogP contribution in [0.3, 0.4) is 0 Å². The molecule has 2 rings (SSSR count). The third-order valence-electron chi connectivity index (χ3n) is 3.21. The molecule has 1 saturated heterocycles. The number of amides is 1. The predicted octanol–water partition coefficient (Wildman–Crippen LogP) is -0.0104. The first-order valence-electron chi connectivity index (χ1n) is 4.08. The smallest absolute Gasteiger partial charge is 0.223 e. The molecule has 3 heteroatoms. The van der Waals surface area contributed by atoms with Crippen molar-refractivity contribution in [2.24, 2.45) is 5.92 Å². The Labute approximate surface area is 66.0 Å². The zero-order valence-electron chi connectivity index (χ0n) is 6.71. The van der Waals surface area contributed by atoms with E-state index in [4.69, 9.17) is 5.11 Å². The van der Waals surface area contributed by atoms with Crippen molar-refractivity contribution in [3.05, 3.63) is 0 Å². The van der Waals surface area contributed by atoms with E-state index in [0.29, 0.717) is 6.42 Å². The Morgan fingerprint density at radius 2 is 2.36 bits per heavy atom. The maximum absolute atomic E-state index is 11.2. The van der Waals surface area contributed by atoms with Crippen molar-refractivity contribution in [3.63, 3.8) is 0 Å². The molecule has 1 aliphatic heterocycles. The fraction of sp³-hybridized carbons (Fsp3) is 0.875. The molecule has 0 aromatic heterocycles. The van der Waals surface area contributed by atoms with Crippen molar-refractivity contribution in [2.75, 3.05) is 13.7 Å². The number of aliphatic hydroxyl groups excluding tert-OH is 1. The van der Waals surface area contributed by atoms with Gasteiger partial charge in [0.05, 0.1) is 0 Å². The molecule has 1 atom stereocenters. The van der Waals surface area contributed by atoms with Crippen LogP contribution in [0.5, 0.6) is 0 Å². The second kappa shape index (κ2) is 1.97. The van der Waals surface area contributed by atoms with Gasteiger partial charge in [0.25, 0.3) is 0 Å². The van der Waals surface area contributed by atoms with E-state index >= 15 is 0 Å². The number of hydrogen-bond donors (Lipinski definition) is 1. The summed E-state index contributed by atoms with van der Waals surface area (Å²) in [5.74, 6) is 0.404. The average Bonchev–Trinajstić information content (AvgIpc) is 2.74. The molecule has 1 saturated carbocycles. The molecule has 1 unspecified atom stereocenters. The summed E-state index contributed by atoms with van der Waals surface area (Å²) in [6.45, 7) is 0.163. The minimum Gasteiger partial charge on any atom is -0.396 e. The van der Waals surface area contributed by atoms with E-state index in [0.717, 1.165) is 12.8 Å². The molecule has 1 spiro atoms. The largest absolute Gasteiger partial charge is 0.396 e. The standard InChI is InChI=1S/C8H13NO2/c1-9-7(11)4-6(5-10)8(9)2-3-8/h6,10H,2-5H2,1H3. The monoisotopic (exact) mass is 155 g/mol. The molecule has 11 heavy (non-hydrogen) atoms. The average molecular weight is 155 g/mol. The number of carbonyl (C=O) groups is 1. The lowest BCUT2D eigenvalue weighted by Crippen LogP contribution is -2.34. The van der Waals surface area contributed by atoms with Gasteiger partial charge in [-0.05, 0) is 12.8 Å². The summed E-state index contributed by atoms with van der Waals surface area (Å²) < 4.78 is 0.